The summed E-state index contributed by atoms with van der Waals surface area (Å²) >= 11 is 0. The molecular formula is C14H18N2O4. The summed E-state index contributed by atoms with van der Waals surface area (Å²) in [5.74, 6) is 1.61. The first-order valence-corrected chi connectivity index (χ1v) is 6.07. The molecule has 0 saturated carbocycles. The first kappa shape index (κ1) is 14.2. The van der Waals surface area contributed by atoms with Gasteiger partial charge in [-0.15, -0.1) is 0 Å². The minimum Gasteiger partial charge on any atom is -0.496 e. The van der Waals surface area contributed by atoms with E-state index < -0.39 is 6.10 Å². The Morgan fingerprint density at radius 2 is 1.65 bits per heavy atom. The van der Waals surface area contributed by atoms with Crippen molar-refractivity contribution in [3.63, 3.8) is 0 Å². The van der Waals surface area contributed by atoms with Crippen LogP contribution in [0.1, 0.15) is 17.2 Å². The number of aryl methyl sites for hydroxylation is 1. The number of rotatable bonds is 5. The molecule has 0 spiro atoms. The van der Waals surface area contributed by atoms with Crippen molar-refractivity contribution < 1.29 is 19.3 Å². The number of ether oxygens (including phenoxy) is 3. The van der Waals surface area contributed by atoms with Crippen molar-refractivity contribution in [1.29, 1.82) is 0 Å². The predicted molar refractivity (Wildman–Crippen MR) is 73.4 cm³/mol. The highest BCUT2D eigenvalue weighted by Crippen LogP contribution is 2.39. The molecule has 20 heavy (non-hydrogen) atoms. The summed E-state index contributed by atoms with van der Waals surface area (Å²) in [6.45, 7) is 0. The quantitative estimate of drug-likeness (QED) is 0.898. The third-order valence-corrected chi connectivity index (χ3v) is 3.07. The Morgan fingerprint density at radius 1 is 1.05 bits per heavy atom. The van der Waals surface area contributed by atoms with Gasteiger partial charge in [0, 0.05) is 30.4 Å². The van der Waals surface area contributed by atoms with Crippen LogP contribution in [0, 0.1) is 0 Å². The monoisotopic (exact) mass is 278 g/mol. The lowest BCUT2D eigenvalue weighted by Gasteiger charge is -2.17. The summed E-state index contributed by atoms with van der Waals surface area (Å²) in [6, 6.07) is 3.39. The average Bonchev–Trinajstić information content (AvgIpc) is 2.91. The summed E-state index contributed by atoms with van der Waals surface area (Å²) in [4.78, 5) is 0. The zero-order valence-corrected chi connectivity index (χ0v) is 12.0. The van der Waals surface area contributed by atoms with Crippen molar-refractivity contribution in [1.82, 2.24) is 9.78 Å². The number of hydrogen-bond donors (Lipinski definition) is 1. The molecule has 2 aromatic rings. The van der Waals surface area contributed by atoms with E-state index in [-0.39, 0.29) is 0 Å². The lowest BCUT2D eigenvalue weighted by atomic mass is 10.0. The average molecular weight is 278 g/mol. The van der Waals surface area contributed by atoms with Gasteiger partial charge in [-0.1, -0.05) is 0 Å². The second-order valence-electron chi connectivity index (χ2n) is 4.30. The van der Waals surface area contributed by atoms with Crippen molar-refractivity contribution in [3.05, 3.63) is 35.7 Å². The number of methoxy groups -OCH3 is 3. The maximum Gasteiger partial charge on any atom is 0.164 e. The summed E-state index contributed by atoms with van der Waals surface area (Å²) in [5, 5.41) is 14.5. The van der Waals surface area contributed by atoms with Gasteiger partial charge in [0.25, 0.3) is 0 Å². The van der Waals surface area contributed by atoms with Crippen LogP contribution in [-0.2, 0) is 7.05 Å². The number of aromatic nitrogens is 2. The lowest BCUT2D eigenvalue weighted by molar-refractivity contribution is 0.213. The van der Waals surface area contributed by atoms with Gasteiger partial charge in [-0.05, 0) is 6.07 Å². The van der Waals surface area contributed by atoms with E-state index >= 15 is 0 Å². The molecule has 0 aliphatic rings. The predicted octanol–water partition coefficient (Wildman–Crippen LogP) is 1.53. The first-order valence-electron chi connectivity index (χ1n) is 6.07. The third kappa shape index (κ3) is 2.55. The molecule has 0 amide bonds. The van der Waals surface area contributed by atoms with Gasteiger partial charge in [-0.25, -0.2) is 0 Å². The lowest BCUT2D eigenvalue weighted by Crippen LogP contribution is -2.03. The highest BCUT2D eigenvalue weighted by atomic mass is 16.5. The smallest absolute Gasteiger partial charge is 0.164 e. The van der Waals surface area contributed by atoms with E-state index in [2.05, 4.69) is 5.10 Å². The molecule has 0 bridgehead atoms. The summed E-state index contributed by atoms with van der Waals surface area (Å²) in [7, 11) is 6.43. The summed E-state index contributed by atoms with van der Waals surface area (Å²) in [5.41, 5.74) is 1.27. The van der Waals surface area contributed by atoms with E-state index in [1.165, 1.54) is 0 Å². The van der Waals surface area contributed by atoms with Crippen LogP contribution in [0.2, 0.25) is 0 Å². The molecule has 1 aromatic carbocycles. The molecule has 2 rings (SSSR count). The highest BCUT2D eigenvalue weighted by Gasteiger charge is 2.20. The Kier molecular flexibility index (Phi) is 4.14. The van der Waals surface area contributed by atoms with Crippen LogP contribution >= 0.6 is 0 Å². The van der Waals surface area contributed by atoms with Crippen LogP contribution in [0.15, 0.2) is 24.5 Å². The minimum absolute atomic E-state index is 0.527. The number of benzene rings is 1. The van der Waals surface area contributed by atoms with Gasteiger partial charge in [-0.3, -0.25) is 4.68 Å². The molecule has 1 N–H and O–H groups in total. The van der Waals surface area contributed by atoms with Crippen LogP contribution in [0.25, 0.3) is 0 Å². The highest BCUT2D eigenvalue weighted by molar-refractivity contribution is 5.52. The maximum atomic E-state index is 10.5. The molecule has 0 saturated heterocycles. The molecule has 0 aliphatic carbocycles. The molecule has 1 atom stereocenters. The molecule has 0 aliphatic heterocycles. The fourth-order valence-electron chi connectivity index (χ4n) is 2.03. The van der Waals surface area contributed by atoms with Crippen LogP contribution in [0.3, 0.4) is 0 Å². The zero-order chi connectivity index (χ0) is 14.7. The fourth-order valence-corrected chi connectivity index (χ4v) is 2.03. The second-order valence-corrected chi connectivity index (χ2v) is 4.30. The van der Waals surface area contributed by atoms with Gasteiger partial charge in [-0.2, -0.15) is 5.10 Å². The Labute approximate surface area is 117 Å². The van der Waals surface area contributed by atoms with Gasteiger partial charge >= 0.3 is 0 Å². The molecule has 1 heterocycles. The zero-order valence-electron chi connectivity index (χ0n) is 12.0. The Bertz CT molecular complexity index is 595. The van der Waals surface area contributed by atoms with E-state index in [4.69, 9.17) is 14.2 Å². The van der Waals surface area contributed by atoms with Crippen LogP contribution in [-0.4, -0.2) is 36.2 Å². The molecule has 0 fully saturated rings. The van der Waals surface area contributed by atoms with E-state index in [0.717, 1.165) is 0 Å². The van der Waals surface area contributed by atoms with Crippen molar-refractivity contribution in [2.45, 2.75) is 6.10 Å². The minimum atomic E-state index is -0.849. The molecule has 108 valence electrons. The Hall–Kier alpha value is -2.21. The topological polar surface area (TPSA) is 65.7 Å². The van der Waals surface area contributed by atoms with E-state index in [0.29, 0.717) is 28.4 Å². The fraction of sp³-hybridized carbons (Fsp3) is 0.357. The normalized spacial score (nSPS) is 12.1. The van der Waals surface area contributed by atoms with Crippen molar-refractivity contribution in [2.75, 3.05) is 21.3 Å². The second kappa shape index (κ2) is 5.83. The van der Waals surface area contributed by atoms with Gasteiger partial charge in [0.05, 0.1) is 27.5 Å². The van der Waals surface area contributed by atoms with E-state index in [1.54, 1.807) is 57.6 Å². The summed E-state index contributed by atoms with van der Waals surface area (Å²) < 4.78 is 17.4. The molecule has 6 heteroatoms. The van der Waals surface area contributed by atoms with Gasteiger partial charge in [0.1, 0.15) is 11.9 Å². The number of nitrogens with zero attached hydrogens (tertiary/aromatic N) is 2. The third-order valence-electron chi connectivity index (χ3n) is 3.07. The van der Waals surface area contributed by atoms with Crippen LogP contribution in [0.4, 0.5) is 0 Å². The SMILES string of the molecule is COc1cc(OC)c(C(O)c2cnn(C)c2)cc1OC. The van der Waals surface area contributed by atoms with Gasteiger partial charge < -0.3 is 19.3 Å². The van der Waals surface area contributed by atoms with E-state index in [1.807, 2.05) is 0 Å². The van der Waals surface area contributed by atoms with Crippen molar-refractivity contribution in [3.8, 4) is 17.2 Å². The largest absolute Gasteiger partial charge is 0.496 e. The Morgan fingerprint density at radius 3 is 2.15 bits per heavy atom. The van der Waals surface area contributed by atoms with E-state index in [9.17, 15) is 5.11 Å². The maximum absolute atomic E-state index is 10.5. The van der Waals surface area contributed by atoms with Crippen LogP contribution in [0.5, 0.6) is 17.2 Å². The molecular weight excluding hydrogens is 260 g/mol. The molecule has 0 radical (unpaired) electrons. The summed E-state index contributed by atoms with van der Waals surface area (Å²) in [6.07, 6.45) is 2.51. The molecule has 1 unspecified atom stereocenters. The van der Waals surface area contributed by atoms with Crippen molar-refractivity contribution >= 4 is 0 Å². The number of aliphatic hydroxyl groups excluding tert-OH is 1. The standard InChI is InChI=1S/C14H18N2O4/c1-16-8-9(7-15-16)14(17)10-5-12(19-3)13(20-4)6-11(10)18-2/h5-8,14,17H,1-4H3. The van der Waals surface area contributed by atoms with Crippen molar-refractivity contribution in [2.24, 2.45) is 7.05 Å². The number of aliphatic hydroxyl groups is 1. The Balaban J connectivity index is 2.49. The van der Waals surface area contributed by atoms with Gasteiger partial charge in [0.2, 0.25) is 0 Å². The number of hydrogen-bond acceptors (Lipinski definition) is 5. The first-order chi connectivity index (χ1) is 9.60. The van der Waals surface area contributed by atoms with Crippen LogP contribution < -0.4 is 14.2 Å². The molecule has 1 aromatic heterocycles. The molecule has 6 nitrogen and oxygen atoms in total. The van der Waals surface area contributed by atoms with Gasteiger partial charge in [0.15, 0.2) is 11.5 Å².